The molecule has 0 amide bonds. The Morgan fingerprint density at radius 2 is 1.89 bits per heavy atom. The van der Waals surface area contributed by atoms with Gasteiger partial charge >= 0.3 is 5.88 Å². The first kappa shape index (κ1) is 13.5. The van der Waals surface area contributed by atoms with E-state index >= 15 is 0 Å². The molecule has 0 saturated heterocycles. The molecule has 1 aromatic carbocycles. The van der Waals surface area contributed by atoms with Crippen LogP contribution in [0.2, 0.25) is 0 Å². The summed E-state index contributed by atoms with van der Waals surface area (Å²) in [7, 11) is 0. The maximum atomic E-state index is 11.8. The Morgan fingerprint density at radius 1 is 1.21 bits per heavy atom. The number of allylic oxidation sites excluding steroid dienone is 1. The van der Waals surface area contributed by atoms with Gasteiger partial charge in [-0.1, -0.05) is 12.1 Å². The van der Waals surface area contributed by atoms with Crippen LogP contribution >= 0.6 is 22.6 Å². The number of nitro groups is 1. The molecule has 0 unspecified atom stereocenters. The lowest BCUT2D eigenvalue weighted by Crippen LogP contribution is -1.93. The molecular formula is C13H8INO4. The Balaban J connectivity index is 2.11. The second kappa shape index (κ2) is 5.79. The van der Waals surface area contributed by atoms with E-state index in [1.807, 2.05) is 12.1 Å². The number of hydrogen-bond acceptors (Lipinski definition) is 4. The number of ketones is 1. The van der Waals surface area contributed by atoms with E-state index in [2.05, 4.69) is 22.6 Å². The fourth-order valence-electron chi connectivity index (χ4n) is 1.40. The average molecular weight is 369 g/mol. The van der Waals surface area contributed by atoms with Gasteiger partial charge in [0.05, 0.1) is 6.07 Å². The van der Waals surface area contributed by atoms with Crippen LogP contribution in [0.1, 0.15) is 16.1 Å². The molecule has 6 heteroatoms. The summed E-state index contributed by atoms with van der Waals surface area (Å²) in [6, 6.07) is 9.79. The third-order valence-electron chi connectivity index (χ3n) is 2.32. The lowest BCUT2D eigenvalue weighted by molar-refractivity contribution is -0.402. The molecular weight excluding hydrogens is 361 g/mol. The first-order valence-electron chi connectivity index (χ1n) is 5.28. The van der Waals surface area contributed by atoms with Crippen LogP contribution in [0.5, 0.6) is 0 Å². The number of rotatable bonds is 4. The molecule has 0 aliphatic carbocycles. The normalized spacial score (nSPS) is 10.8. The number of carbonyl (C=O) groups is 1. The van der Waals surface area contributed by atoms with Gasteiger partial charge in [-0.3, -0.25) is 14.9 Å². The van der Waals surface area contributed by atoms with Crippen molar-refractivity contribution in [1.29, 1.82) is 0 Å². The average Bonchev–Trinajstić information content (AvgIpc) is 2.86. The lowest BCUT2D eigenvalue weighted by Gasteiger charge is -1.95. The highest BCUT2D eigenvalue weighted by Gasteiger charge is 2.10. The van der Waals surface area contributed by atoms with Crippen molar-refractivity contribution in [2.45, 2.75) is 0 Å². The van der Waals surface area contributed by atoms with Gasteiger partial charge in [0.2, 0.25) is 0 Å². The predicted octanol–water partition coefficient (Wildman–Crippen LogP) is 3.69. The van der Waals surface area contributed by atoms with E-state index in [-0.39, 0.29) is 17.4 Å². The lowest BCUT2D eigenvalue weighted by atomic mass is 10.1. The van der Waals surface area contributed by atoms with Crippen LogP contribution in [-0.4, -0.2) is 10.7 Å². The Bertz CT molecular complexity index is 643. The molecule has 0 atom stereocenters. The zero-order valence-corrected chi connectivity index (χ0v) is 11.7. The van der Waals surface area contributed by atoms with E-state index in [1.165, 1.54) is 24.3 Å². The van der Waals surface area contributed by atoms with Crippen molar-refractivity contribution in [3.63, 3.8) is 0 Å². The van der Waals surface area contributed by atoms with Gasteiger partial charge in [-0.2, -0.15) is 0 Å². The zero-order valence-electron chi connectivity index (χ0n) is 9.58. The van der Waals surface area contributed by atoms with Gasteiger partial charge in [0.1, 0.15) is 10.7 Å². The number of benzene rings is 1. The topological polar surface area (TPSA) is 73.3 Å². The van der Waals surface area contributed by atoms with Gasteiger partial charge in [0.25, 0.3) is 0 Å². The molecule has 0 aliphatic heterocycles. The standard InChI is InChI=1S/C13H8INO4/c14-10-3-1-9(2-4-10)12(16)7-5-11-6-8-13(19-11)15(17)18/h1-8H/b7-5+. The molecule has 0 spiro atoms. The molecule has 2 rings (SSSR count). The summed E-state index contributed by atoms with van der Waals surface area (Å²) in [6.45, 7) is 0. The van der Waals surface area contributed by atoms with Crippen molar-refractivity contribution < 1.29 is 14.1 Å². The fourth-order valence-corrected chi connectivity index (χ4v) is 1.76. The third-order valence-corrected chi connectivity index (χ3v) is 3.04. The van der Waals surface area contributed by atoms with Gasteiger partial charge in [0.15, 0.2) is 5.78 Å². The van der Waals surface area contributed by atoms with Crippen LogP contribution < -0.4 is 0 Å². The molecule has 19 heavy (non-hydrogen) atoms. The highest BCUT2D eigenvalue weighted by atomic mass is 127. The Morgan fingerprint density at radius 3 is 2.47 bits per heavy atom. The maximum absolute atomic E-state index is 11.8. The zero-order chi connectivity index (χ0) is 13.8. The summed E-state index contributed by atoms with van der Waals surface area (Å²) >= 11 is 2.15. The number of furan rings is 1. The molecule has 2 aromatic rings. The summed E-state index contributed by atoms with van der Waals surface area (Å²) in [6.07, 6.45) is 2.73. The van der Waals surface area contributed by atoms with Crippen LogP contribution in [0.3, 0.4) is 0 Å². The molecule has 1 heterocycles. The molecule has 0 radical (unpaired) electrons. The van der Waals surface area contributed by atoms with Crippen LogP contribution in [0, 0.1) is 13.7 Å². The van der Waals surface area contributed by atoms with Crippen molar-refractivity contribution in [3.05, 3.63) is 67.5 Å². The van der Waals surface area contributed by atoms with Crippen LogP contribution in [-0.2, 0) is 0 Å². The maximum Gasteiger partial charge on any atom is 0.433 e. The van der Waals surface area contributed by atoms with Gasteiger partial charge in [-0.25, -0.2) is 0 Å². The molecule has 0 bridgehead atoms. The highest BCUT2D eigenvalue weighted by molar-refractivity contribution is 14.1. The summed E-state index contributed by atoms with van der Waals surface area (Å²) < 4.78 is 5.95. The molecule has 0 saturated carbocycles. The second-order valence-corrected chi connectivity index (χ2v) is 4.88. The molecule has 96 valence electrons. The van der Waals surface area contributed by atoms with Gasteiger partial charge in [-0.05, 0) is 52.9 Å². The number of nitrogens with zero attached hydrogens (tertiary/aromatic N) is 1. The minimum Gasteiger partial charge on any atom is -0.401 e. The smallest absolute Gasteiger partial charge is 0.401 e. The quantitative estimate of drug-likeness (QED) is 0.271. The van der Waals surface area contributed by atoms with Crippen molar-refractivity contribution >= 4 is 40.3 Å². The Hall–Kier alpha value is -1.96. The van der Waals surface area contributed by atoms with Crippen LogP contribution in [0.4, 0.5) is 5.88 Å². The fraction of sp³-hybridized carbons (Fsp3) is 0. The summed E-state index contributed by atoms with van der Waals surface area (Å²) in [5, 5.41) is 10.4. The monoisotopic (exact) mass is 369 g/mol. The van der Waals surface area contributed by atoms with E-state index in [0.29, 0.717) is 5.56 Å². The van der Waals surface area contributed by atoms with Gasteiger partial charge < -0.3 is 4.42 Å². The molecule has 0 fully saturated rings. The largest absolute Gasteiger partial charge is 0.433 e. The summed E-state index contributed by atoms with van der Waals surface area (Å²) in [5.74, 6) is -0.262. The van der Waals surface area contributed by atoms with Crippen molar-refractivity contribution in [2.75, 3.05) is 0 Å². The van der Waals surface area contributed by atoms with E-state index in [1.54, 1.807) is 12.1 Å². The SMILES string of the molecule is O=C(/C=C/c1ccc([N+](=O)[O-])o1)c1ccc(I)cc1. The van der Waals surface area contributed by atoms with E-state index < -0.39 is 4.92 Å². The summed E-state index contributed by atoms with van der Waals surface area (Å²) in [5.41, 5.74) is 0.553. The van der Waals surface area contributed by atoms with E-state index in [0.717, 1.165) is 3.57 Å². The second-order valence-electron chi connectivity index (χ2n) is 3.64. The minimum atomic E-state index is -0.627. The van der Waals surface area contributed by atoms with Crippen molar-refractivity contribution in [1.82, 2.24) is 0 Å². The van der Waals surface area contributed by atoms with Crippen molar-refractivity contribution in [2.24, 2.45) is 0 Å². The van der Waals surface area contributed by atoms with E-state index in [9.17, 15) is 14.9 Å². The first-order valence-corrected chi connectivity index (χ1v) is 6.36. The number of hydrogen-bond donors (Lipinski definition) is 0. The Kier molecular flexibility index (Phi) is 4.10. The molecule has 0 N–H and O–H groups in total. The highest BCUT2D eigenvalue weighted by Crippen LogP contribution is 2.17. The van der Waals surface area contributed by atoms with Gasteiger partial charge in [0, 0.05) is 9.13 Å². The third kappa shape index (κ3) is 3.50. The predicted molar refractivity (Wildman–Crippen MR) is 77.9 cm³/mol. The van der Waals surface area contributed by atoms with Crippen LogP contribution in [0.25, 0.3) is 6.08 Å². The molecule has 5 nitrogen and oxygen atoms in total. The first-order chi connectivity index (χ1) is 9.06. The number of carbonyl (C=O) groups excluding carboxylic acids is 1. The minimum absolute atomic E-state index is 0.185. The Labute approximate surface area is 122 Å². The summed E-state index contributed by atoms with van der Waals surface area (Å²) in [4.78, 5) is 21.6. The van der Waals surface area contributed by atoms with Gasteiger partial charge in [-0.15, -0.1) is 0 Å². The molecule has 0 aliphatic rings. The van der Waals surface area contributed by atoms with Crippen LogP contribution in [0.15, 0.2) is 46.9 Å². The van der Waals surface area contributed by atoms with E-state index in [4.69, 9.17) is 4.42 Å². The van der Waals surface area contributed by atoms with Crippen molar-refractivity contribution in [3.8, 4) is 0 Å². The number of halogens is 1. The molecule has 1 aromatic heterocycles.